The summed E-state index contributed by atoms with van der Waals surface area (Å²) in [5.74, 6) is -0.128. The van der Waals surface area contributed by atoms with Gasteiger partial charge in [0.15, 0.2) is 4.80 Å². The summed E-state index contributed by atoms with van der Waals surface area (Å²) in [6.07, 6.45) is 0. The maximum absolute atomic E-state index is 13.6. The highest BCUT2D eigenvalue weighted by molar-refractivity contribution is 7.16. The van der Waals surface area contributed by atoms with Gasteiger partial charge in [0.1, 0.15) is 23.9 Å². The highest BCUT2D eigenvalue weighted by Crippen LogP contribution is 2.22. The summed E-state index contributed by atoms with van der Waals surface area (Å²) < 4.78 is 26.2. The second-order valence-electron chi connectivity index (χ2n) is 6.52. The largest absolute Gasteiger partial charge is 0.468 e. The number of amides is 1. The van der Waals surface area contributed by atoms with Crippen molar-refractivity contribution in [1.29, 1.82) is 0 Å². The third-order valence-corrected chi connectivity index (χ3v) is 5.48. The van der Waals surface area contributed by atoms with E-state index < -0.39 is 17.7 Å². The molecular weight excluding hydrogens is 419 g/mol. The lowest BCUT2D eigenvalue weighted by molar-refractivity contribution is -0.141. The number of carbonyl (C=O) groups is 2. The number of carbonyl (C=O) groups excluding carboxylic acids is 2. The second kappa shape index (κ2) is 8.93. The fourth-order valence-corrected chi connectivity index (χ4v) is 3.97. The van der Waals surface area contributed by atoms with Gasteiger partial charge in [0.25, 0.3) is 5.91 Å². The topological polar surface area (TPSA) is 69.9 Å². The summed E-state index contributed by atoms with van der Waals surface area (Å²) >= 11 is 1.12. The Morgan fingerprint density at radius 3 is 2.42 bits per heavy atom. The SMILES string of the molecule is COC(=O)Cn1c(=NC(=O)c2ccc(Oc3ccccc3)cc2)sc2cc(F)ccc21. The van der Waals surface area contributed by atoms with E-state index in [-0.39, 0.29) is 11.3 Å². The van der Waals surface area contributed by atoms with Crippen molar-refractivity contribution in [3.05, 3.63) is 89.0 Å². The molecule has 0 N–H and O–H groups in total. The first-order chi connectivity index (χ1) is 15.0. The van der Waals surface area contributed by atoms with Gasteiger partial charge in [-0.2, -0.15) is 4.99 Å². The highest BCUT2D eigenvalue weighted by Gasteiger charge is 2.13. The Morgan fingerprint density at radius 2 is 1.71 bits per heavy atom. The van der Waals surface area contributed by atoms with E-state index in [2.05, 4.69) is 4.99 Å². The molecular formula is C23H17FN2O4S. The average molecular weight is 436 g/mol. The molecule has 1 heterocycles. The van der Waals surface area contributed by atoms with E-state index >= 15 is 0 Å². The number of halogens is 1. The molecule has 4 aromatic rings. The third-order valence-electron chi connectivity index (χ3n) is 4.44. The molecule has 8 heteroatoms. The monoisotopic (exact) mass is 436 g/mol. The third kappa shape index (κ3) is 4.70. The zero-order chi connectivity index (χ0) is 21.8. The number of hydrogen-bond acceptors (Lipinski definition) is 5. The molecule has 156 valence electrons. The summed E-state index contributed by atoms with van der Waals surface area (Å²) in [6.45, 7) is -0.141. The average Bonchev–Trinajstić information content (AvgIpc) is 3.10. The minimum absolute atomic E-state index is 0.141. The lowest BCUT2D eigenvalue weighted by atomic mass is 10.2. The van der Waals surface area contributed by atoms with E-state index in [1.165, 1.54) is 23.8 Å². The van der Waals surface area contributed by atoms with Crippen LogP contribution in [-0.4, -0.2) is 23.6 Å². The molecule has 0 spiro atoms. The van der Waals surface area contributed by atoms with Crippen LogP contribution < -0.4 is 9.54 Å². The van der Waals surface area contributed by atoms with Gasteiger partial charge in [0.2, 0.25) is 0 Å². The zero-order valence-electron chi connectivity index (χ0n) is 16.4. The van der Waals surface area contributed by atoms with Gasteiger partial charge in [-0.05, 0) is 54.6 Å². The van der Waals surface area contributed by atoms with Crippen molar-refractivity contribution in [2.45, 2.75) is 6.54 Å². The lowest BCUT2D eigenvalue weighted by Gasteiger charge is -2.05. The van der Waals surface area contributed by atoms with Crippen LogP contribution in [0.2, 0.25) is 0 Å². The molecule has 0 bridgehead atoms. The fourth-order valence-electron chi connectivity index (χ4n) is 2.92. The Morgan fingerprint density at radius 1 is 1.00 bits per heavy atom. The minimum atomic E-state index is -0.500. The van der Waals surface area contributed by atoms with Crippen LogP contribution in [0.4, 0.5) is 4.39 Å². The number of nitrogens with zero attached hydrogens (tertiary/aromatic N) is 2. The van der Waals surface area contributed by atoms with Gasteiger partial charge in [-0.1, -0.05) is 29.5 Å². The Kier molecular flexibility index (Phi) is 5.90. The molecule has 0 radical (unpaired) electrons. The van der Waals surface area contributed by atoms with Gasteiger partial charge in [0.05, 0.1) is 17.3 Å². The number of aromatic nitrogens is 1. The molecule has 1 aromatic heterocycles. The number of benzene rings is 3. The molecule has 0 unspecified atom stereocenters. The van der Waals surface area contributed by atoms with Crippen LogP contribution in [0.5, 0.6) is 11.5 Å². The minimum Gasteiger partial charge on any atom is -0.468 e. The Labute approximate surface area is 180 Å². The maximum Gasteiger partial charge on any atom is 0.325 e. The van der Waals surface area contributed by atoms with Crippen LogP contribution in [0.25, 0.3) is 10.2 Å². The molecule has 4 rings (SSSR count). The van der Waals surface area contributed by atoms with Gasteiger partial charge in [-0.25, -0.2) is 4.39 Å². The predicted molar refractivity (Wildman–Crippen MR) is 115 cm³/mol. The number of para-hydroxylation sites is 1. The number of hydrogen-bond donors (Lipinski definition) is 0. The van der Waals surface area contributed by atoms with Gasteiger partial charge >= 0.3 is 5.97 Å². The molecule has 6 nitrogen and oxygen atoms in total. The number of methoxy groups -OCH3 is 1. The summed E-state index contributed by atoms with van der Waals surface area (Å²) in [7, 11) is 1.28. The van der Waals surface area contributed by atoms with E-state index in [0.29, 0.717) is 27.3 Å². The first kappa shape index (κ1) is 20.5. The molecule has 3 aromatic carbocycles. The summed E-state index contributed by atoms with van der Waals surface area (Å²) in [4.78, 5) is 29.0. The van der Waals surface area contributed by atoms with Gasteiger partial charge < -0.3 is 14.0 Å². The van der Waals surface area contributed by atoms with Crippen molar-refractivity contribution in [2.75, 3.05) is 7.11 Å². The second-order valence-corrected chi connectivity index (χ2v) is 7.52. The van der Waals surface area contributed by atoms with Crippen LogP contribution in [0.15, 0.2) is 77.8 Å². The standard InChI is InChI=1S/C23H17FN2O4S/c1-29-21(27)14-26-19-12-9-16(24)13-20(19)31-23(26)25-22(28)15-7-10-18(11-8-15)30-17-5-3-2-4-6-17/h2-13H,14H2,1H3. The summed E-state index contributed by atoms with van der Waals surface area (Å²) in [5, 5.41) is 0. The molecule has 0 atom stereocenters. The van der Waals surface area contributed by atoms with Crippen LogP contribution in [0, 0.1) is 5.82 Å². The summed E-state index contributed by atoms with van der Waals surface area (Å²) in [5.41, 5.74) is 0.948. The van der Waals surface area contributed by atoms with Gasteiger partial charge in [0, 0.05) is 5.56 Å². The Balaban J connectivity index is 1.65. The van der Waals surface area contributed by atoms with E-state index in [1.54, 1.807) is 30.3 Å². The molecule has 1 amide bonds. The number of fused-ring (bicyclic) bond motifs is 1. The van der Waals surface area contributed by atoms with E-state index in [1.807, 2.05) is 30.3 Å². The Hall–Kier alpha value is -3.78. The number of thiazole rings is 1. The van der Waals surface area contributed by atoms with E-state index in [0.717, 1.165) is 11.3 Å². The quantitative estimate of drug-likeness (QED) is 0.431. The zero-order valence-corrected chi connectivity index (χ0v) is 17.3. The highest BCUT2D eigenvalue weighted by atomic mass is 32.1. The van der Waals surface area contributed by atoms with Crippen molar-refractivity contribution in [3.8, 4) is 11.5 Å². The molecule has 0 aliphatic heterocycles. The first-order valence-corrected chi connectivity index (χ1v) is 10.1. The van der Waals surface area contributed by atoms with Crippen LogP contribution >= 0.6 is 11.3 Å². The van der Waals surface area contributed by atoms with E-state index in [9.17, 15) is 14.0 Å². The fraction of sp³-hybridized carbons (Fsp3) is 0.0870. The maximum atomic E-state index is 13.6. The smallest absolute Gasteiger partial charge is 0.325 e. The lowest BCUT2D eigenvalue weighted by Crippen LogP contribution is -2.22. The number of rotatable bonds is 5. The van der Waals surface area contributed by atoms with Crippen molar-refractivity contribution < 1.29 is 23.5 Å². The normalized spacial score (nSPS) is 11.5. The van der Waals surface area contributed by atoms with E-state index in [4.69, 9.17) is 9.47 Å². The molecule has 31 heavy (non-hydrogen) atoms. The molecule has 0 saturated heterocycles. The number of ether oxygens (including phenoxy) is 2. The van der Waals surface area contributed by atoms with Crippen molar-refractivity contribution in [3.63, 3.8) is 0 Å². The Bertz CT molecular complexity index is 1310. The number of esters is 1. The molecule has 0 fully saturated rings. The van der Waals surface area contributed by atoms with Crippen LogP contribution in [-0.2, 0) is 16.1 Å². The van der Waals surface area contributed by atoms with Gasteiger partial charge in [-0.15, -0.1) is 0 Å². The van der Waals surface area contributed by atoms with Crippen LogP contribution in [0.1, 0.15) is 10.4 Å². The van der Waals surface area contributed by atoms with Crippen molar-refractivity contribution in [2.24, 2.45) is 4.99 Å². The molecule has 0 aliphatic carbocycles. The predicted octanol–water partition coefficient (Wildman–Crippen LogP) is 4.55. The first-order valence-electron chi connectivity index (χ1n) is 9.31. The summed E-state index contributed by atoms with van der Waals surface area (Å²) in [6, 6.07) is 20.1. The van der Waals surface area contributed by atoms with Crippen molar-refractivity contribution >= 4 is 33.4 Å². The molecule has 0 saturated carbocycles. The van der Waals surface area contributed by atoms with Crippen LogP contribution in [0.3, 0.4) is 0 Å². The van der Waals surface area contributed by atoms with Gasteiger partial charge in [-0.3, -0.25) is 9.59 Å². The van der Waals surface area contributed by atoms with Crippen molar-refractivity contribution in [1.82, 2.24) is 4.57 Å². The molecule has 0 aliphatic rings.